The number of esters is 1. The van der Waals surface area contributed by atoms with Crippen molar-refractivity contribution >= 4 is 27.4 Å². The van der Waals surface area contributed by atoms with Gasteiger partial charge in [-0.25, -0.2) is 4.79 Å². The normalized spacial score (nSPS) is 16.9. The number of thiophene rings is 1. The molecule has 1 aliphatic heterocycles. The number of ether oxygens (including phenoxy) is 1. The first kappa shape index (κ1) is 11.7. The van der Waals surface area contributed by atoms with E-state index >= 15 is 0 Å². The zero-order valence-electron chi connectivity index (χ0n) is 10.0. The maximum absolute atomic E-state index is 12.1. The third kappa shape index (κ3) is 2.40. The summed E-state index contributed by atoms with van der Waals surface area (Å²) in [4.78, 5) is 12.8. The van der Waals surface area contributed by atoms with Crippen molar-refractivity contribution in [3.05, 3.63) is 35.2 Å². The van der Waals surface area contributed by atoms with E-state index in [0.717, 1.165) is 36.0 Å². The number of hydrogen-bond acceptors (Lipinski definition) is 4. The molecule has 1 aromatic carbocycles. The Morgan fingerprint density at radius 3 is 2.83 bits per heavy atom. The molecule has 0 unspecified atom stereocenters. The standard InChI is InChI=1S/C14H15NO2S/c16-14(17-11-5-7-15-8-6-11)13-9-10-3-1-2-4-12(10)18-13/h1-4,9,11,15H,5-8H2. The van der Waals surface area contributed by atoms with Gasteiger partial charge in [0.2, 0.25) is 0 Å². The molecule has 2 aromatic rings. The lowest BCUT2D eigenvalue weighted by molar-refractivity contribution is 0.0235. The third-order valence-corrected chi connectivity index (χ3v) is 4.28. The summed E-state index contributed by atoms with van der Waals surface area (Å²) in [5, 5.41) is 4.37. The van der Waals surface area contributed by atoms with Crippen LogP contribution in [-0.2, 0) is 4.74 Å². The first-order valence-electron chi connectivity index (χ1n) is 6.23. The molecular weight excluding hydrogens is 246 g/mol. The molecule has 1 fully saturated rings. The van der Waals surface area contributed by atoms with Gasteiger partial charge < -0.3 is 10.1 Å². The van der Waals surface area contributed by atoms with Crippen molar-refractivity contribution in [2.24, 2.45) is 0 Å². The zero-order valence-corrected chi connectivity index (χ0v) is 10.8. The summed E-state index contributed by atoms with van der Waals surface area (Å²) in [5.41, 5.74) is 0. The van der Waals surface area contributed by atoms with E-state index in [2.05, 4.69) is 5.32 Å². The van der Waals surface area contributed by atoms with E-state index in [-0.39, 0.29) is 12.1 Å². The molecule has 4 heteroatoms. The number of nitrogens with one attached hydrogen (secondary N) is 1. The van der Waals surface area contributed by atoms with Crippen LogP contribution in [0, 0.1) is 0 Å². The van der Waals surface area contributed by atoms with Gasteiger partial charge in [0.1, 0.15) is 11.0 Å². The maximum atomic E-state index is 12.1. The van der Waals surface area contributed by atoms with Crippen LogP contribution in [0.25, 0.3) is 10.1 Å². The van der Waals surface area contributed by atoms with Crippen LogP contribution in [-0.4, -0.2) is 25.2 Å². The average Bonchev–Trinajstić information content (AvgIpc) is 2.84. The Bertz CT molecular complexity index is 525. The molecule has 1 aliphatic rings. The second kappa shape index (κ2) is 5.08. The first-order valence-corrected chi connectivity index (χ1v) is 7.05. The van der Waals surface area contributed by atoms with Crippen molar-refractivity contribution in [2.45, 2.75) is 18.9 Å². The Kier molecular flexibility index (Phi) is 3.30. The van der Waals surface area contributed by atoms with E-state index in [1.165, 1.54) is 11.3 Å². The monoisotopic (exact) mass is 261 g/mol. The highest BCUT2D eigenvalue weighted by Crippen LogP contribution is 2.26. The van der Waals surface area contributed by atoms with Crippen LogP contribution in [0.1, 0.15) is 22.5 Å². The number of carbonyl (C=O) groups excluding carboxylic acids is 1. The Labute approximate surface area is 110 Å². The van der Waals surface area contributed by atoms with Gasteiger partial charge in [0.05, 0.1) is 0 Å². The Morgan fingerprint density at radius 2 is 2.06 bits per heavy atom. The van der Waals surface area contributed by atoms with Gasteiger partial charge in [-0.05, 0) is 43.5 Å². The predicted molar refractivity (Wildman–Crippen MR) is 73.1 cm³/mol. The second-order valence-electron chi connectivity index (χ2n) is 4.50. The number of piperidine rings is 1. The number of benzene rings is 1. The van der Waals surface area contributed by atoms with Crippen LogP contribution in [0.4, 0.5) is 0 Å². The fourth-order valence-corrected chi connectivity index (χ4v) is 3.15. The molecule has 1 aromatic heterocycles. The minimum atomic E-state index is -0.178. The van der Waals surface area contributed by atoms with E-state index in [0.29, 0.717) is 4.88 Å². The van der Waals surface area contributed by atoms with E-state index in [1.807, 2.05) is 30.3 Å². The molecule has 0 spiro atoms. The number of carbonyl (C=O) groups is 1. The average molecular weight is 261 g/mol. The zero-order chi connectivity index (χ0) is 12.4. The highest BCUT2D eigenvalue weighted by molar-refractivity contribution is 7.20. The molecule has 0 radical (unpaired) electrons. The summed E-state index contributed by atoms with van der Waals surface area (Å²) in [6, 6.07) is 9.94. The number of rotatable bonds is 2. The molecule has 0 saturated carbocycles. The minimum absolute atomic E-state index is 0.0731. The van der Waals surface area contributed by atoms with E-state index in [9.17, 15) is 4.79 Å². The lowest BCUT2D eigenvalue weighted by atomic mass is 10.1. The van der Waals surface area contributed by atoms with Crippen molar-refractivity contribution in [3.63, 3.8) is 0 Å². The highest BCUT2D eigenvalue weighted by Gasteiger charge is 2.19. The van der Waals surface area contributed by atoms with Gasteiger partial charge >= 0.3 is 5.97 Å². The van der Waals surface area contributed by atoms with Gasteiger partial charge in [0, 0.05) is 4.70 Å². The van der Waals surface area contributed by atoms with Gasteiger partial charge in [-0.3, -0.25) is 0 Å². The summed E-state index contributed by atoms with van der Waals surface area (Å²) in [6.45, 7) is 1.87. The van der Waals surface area contributed by atoms with Crippen LogP contribution in [0.5, 0.6) is 0 Å². The molecule has 0 aliphatic carbocycles. The van der Waals surface area contributed by atoms with Crippen molar-refractivity contribution in [1.29, 1.82) is 0 Å². The molecule has 3 rings (SSSR count). The van der Waals surface area contributed by atoms with Crippen molar-refractivity contribution in [1.82, 2.24) is 5.32 Å². The van der Waals surface area contributed by atoms with Gasteiger partial charge in [-0.1, -0.05) is 18.2 Å². The fourth-order valence-electron chi connectivity index (χ4n) is 2.21. The van der Waals surface area contributed by atoms with Crippen LogP contribution in [0.15, 0.2) is 30.3 Å². The van der Waals surface area contributed by atoms with Gasteiger partial charge in [-0.15, -0.1) is 11.3 Å². The summed E-state index contributed by atoms with van der Waals surface area (Å²) < 4.78 is 6.67. The van der Waals surface area contributed by atoms with Crippen molar-refractivity contribution in [3.8, 4) is 0 Å². The van der Waals surface area contributed by atoms with Gasteiger partial charge in [0.15, 0.2) is 0 Å². The summed E-state index contributed by atoms with van der Waals surface area (Å²) >= 11 is 1.50. The quantitative estimate of drug-likeness (QED) is 0.845. The summed E-state index contributed by atoms with van der Waals surface area (Å²) in [5.74, 6) is -0.178. The fraction of sp³-hybridized carbons (Fsp3) is 0.357. The maximum Gasteiger partial charge on any atom is 0.348 e. The number of fused-ring (bicyclic) bond motifs is 1. The Hall–Kier alpha value is -1.39. The predicted octanol–water partition coefficient (Wildman–Crippen LogP) is 2.81. The molecule has 2 heterocycles. The highest BCUT2D eigenvalue weighted by atomic mass is 32.1. The lowest BCUT2D eigenvalue weighted by Crippen LogP contribution is -2.33. The molecule has 0 amide bonds. The molecule has 94 valence electrons. The van der Waals surface area contributed by atoms with Crippen LogP contribution >= 0.6 is 11.3 Å². The molecule has 1 saturated heterocycles. The lowest BCUT2D eigenvalue weighted by Gasteiger charge is -2.22. The third-order valence-electron chi connectivity index (χ3n) is 3.19. The van der Waals surface area contributed by atoms with Crippen LogP contribution < -0.4 is 5.32 Å². The SMILES string of the molecule is O=C(OC1CCNCC1)c1cc2ccccc2s1. The van der Waals surface area contributed by atoms with Gasteiger partial charge in [0.25, 0.3) is 0 Å². The summed E-state index contributed by atoms with van der Waals surface area (Å²) in [6.07, 6.45) is 1.90. The molecule has 3 nitrogen and oxygen atoms in total. The van der Waals surface area contributed by atoms with E-state index in [4.69, 9.17) is 4.74 Å². The van der Waals surface area contributed by atoms with Crippen LogP contribution in [0.2, 0.25) is 0 Å². The Balaban J connectivity index is 1.74. The molecule has 18 heavy (non-hydrogen) atoms. The first-order chi connectivity index (χ1) is 8.83. The smallest absolute Gasteiger partial charge is 0.348 e. The second-order valence-corrected chi connectivity index (χ2v) is 5.59. The van der Waals surface area contributed by atoms with E-state index in [1.54, 1.807) is 0 Å². The largest absolute Gasteiger partial charge is 0.458 e. The summed E-state index contributed by atoms with van der Waals surface area (Å²) in [7, 11) is 0. The van der Waals surface area contributed by atoms with Gasteiger partial charge in [-0.2, -0.15) is 0 Å². The molecular formula is C14H15NO2S. The van der Waals surface area contributed by atoms with E-state index < -0.39 is 0 Å². The molecule has 0 bridgehead atoms. The Morgan fingerprint density at radius 1 is 1.28 bits per heavy atom. The number of hydrogen-bond donors (Lipinski definition) is 1. The molecule has 0 atom stereocenters. The topological polar surface area (TPSA) is 38.3 Å². The van der Waals surface area contributed by atoms with Crippen molar-refractivity contribution < 1.29 is 9.53 Å². The van der Waals surface area contributed by atoms with Crippen LogP contribution in [0.3, 0.4) is 0 Å². The van der Waals surface area contributed by atoms with Crippen molar-refractivity contribution in [2.75, 3.05) is 13.1 Å². The minimum Gasteiger partial charge on any atom is -0.458 e. The molecule has 1 N–H and O–H groups in total.